The van der Waals surface area contributed by atoms with Crippen LogP contribution in [0, 0.1) is 0 Å². The third-order valence-corrected chi connectivity index (χ3v) is 5.53. The minimum absolute atomic E-state index is 0.642. The highest BCUT2D eigenvalue weighted by molar-refractivity contribution is 5.53. The van der Waals surface area contributed by atoms with Gasteiger partial charge in [-0.25, -0.2) is 0 Å². The standard InChI is InChI=1S/C21H31NO2/c1-17(2)22-12-3-4-18(9-13-22)16-19-5-7-20(8-6-19)21(23)10-14-24-15-11-21/h5-8,16-17,23H,3-4,9-15H2,1-2H3/b18-16-. The Hall–Kier alpha value is -1.16. The quantitative estimate of drug-likeness (QED) is 0.911. The summed E-state index contributed by atoms with van der Waals surface area (Å²) in [5.74, 6) is 0. The van der Waals surface area contributed by atoms with Crippen molar-refractivity contribution in [3.8, 4) is 0 Å². The molecule has 3 rings (SSSR count). The van der Waals surface area contributed by atoms with E-state index in [-0.39, 0.29) is 0 Å². The Labute approximate surface area is 146 Å². The van der Waals surface area contributed by atoms with Crippen LogP contribution >= 0.6 is 0 Å². The molecule has 2 fully saturated rings. The molecule has 2 saturated heterocycles. The third-order valence-electron chi connectivity index (χ3n) is 5.53. The van der Waals surface area contributed by atoms with Crippen molar-refractivity contribution in [2.75, 3.05) is 26.3 Å². The third kappa shape index (κ3) is 4.27. The summed E-state index contributed by atoms with van der Waals surface area (Å²) in [7, 11) is 0. The molecule has 0 aromatic heterocycles. The number of aliphatic hydroxyl groups is 1. The lowest BCUT2D eigenvalue weighted by atomic mass is 9.86. The predicted octanol–water partition coefficient (Wildman–Crippen LogP) is 3.96. The molecule has 0 atom stereocenters. The molecule has 0 saturated carbocycles. The minimum Gasteiger partial charge on any atom is -0.385 e. The molecule has 0 radical (unpaired) electrons. The zero-order chi connectivity index (χ0) is 17.0. The molecule has 0 amide bonds. The number of hydrogen-bond donors (Lipinski definition) is 1. The van der Waals surface area contributed by atoms with E-state index in [9.17, 15) is 5.11 Å². The van der Waals surface area contributed by atoms with Crippen LogP contribution in [0.2, 0.25) is 0 Å². The Balaban J connectivity index is 1.67. The molecule has 24 heavy (non-hydrogen) atoms. The van der Waals surface area contributed by atoms with Crippen molar-refractivity contribution >= 4 is 6.08 Å². The zero-order valence-corrected chi connectivity index (χ0v) is 15.1. The lowest BCUT2D eigenvalue weighted by Crippen LogP contribution is -2.33. The SMILES string of the molecule is CC(C)N1CCC/C(=C/c2ccc(C3(O)CCOCC3)cc2)CC1. The lowest BCUT2D eigenvalue weighted by Gasteiger charge is -2.32. The van der Waals surface area contributed by atoms with Gasteiger partial charge >= 0.3 is 0 Å². The van der Waals surface area contributed by atoms with Crippen LogP contribution in [0.3, 0.4) is 0 Å². The highest BCUT2D eigenvalue weighted by Crippen LogP contribution is 2.32. The smallest absolute Gasteiger partial charge is 0.0940 e. The molecule has 0 unspecified atom stereocenters. The van der Waals surface area contributed by atoms with E-state index in [2.05, 4.69) is 49.1 Å². The van der Waals surface area contributed by atoms with E-state index < -0.39 is 5.60 Å². The predicted molar refractivity (Wildman–Crippen MR) is 98.9 cm³/mol. The van der Waals surface area contributed by atoms with Crippen LogP contribution in [-0.4, -0.2) is 42.4 Å². The van der Waals surface area contributed by atoms with Gasteiger partial charge in [0.05, 0.1) is 5.60 Å². The van der Waals surface area contributed by atoms with E-state index in [1.807, 2.05) is 0 Å². The zero-order valence-electron chi connectivity index (χ0n) is 15.1. The Morgan fingerprint density at radius 3 is 2.46 bits per heavy atom. The Bertz CT molecular complexity index is 556. The first-order chi connectivity index (χ1) is 11.6. The van der Waals surface area contributed by atoms with Crippen LogP contribution < -0.4 is 0 Å². The molecular formula is C21H31NO2. The fraction of sp³-hybridized carbons (Fsp3) is 0.619. The molecule has 2 aliphatic rings. The molecule has 3 heteroatoms. The van der Waals surface area contributed by atoms with Crippen molar-refractivity contribution < 1.29 is 9.84 Å². The lowest BCUT2D eigenvalue weighted by molar-refractivity contribution is -0.0679. The molecule has 0 aliphatic carbocycles. The average molecular weight is 329 g/mol. The van der Waals surface area contributed by atoms with Gasteiger partial charge in [0, 0.05) is 38.6 Å². The molecule has 2 heterocycles. The van der Waals surface area contributed by atoms with Crippen LogP contribution in [0.1, 0.15) is 57.1 Å². The van der Waals surface area contributed by atoms with Gasteiger partial charge in [0.15, 0.2) is 0 Å². The first-order valence-corrected chi connectivity index (χ1v) is 9.41. The first-order valence-electron chi connectivity index (χ1n) is 9.41. The van der Waals surface area contributed by atoms with Gasteiger partial charge < -0.3 is 14.7 Å². The van der Waals surface area contributed by atoms with Gasteiger partial charge in [0.2, 0.25) is 0 Å². The number of likely N-dealkylation sites (tertiary alicyclic amines) is 1. The average Bonchev–Trinajstić information content (AvgIpc) is 2.82. The van der Waals surface area contributed by atoms with Crippen molar-refractivity contribution in [2.24, 2.45) is 0 Å². The van der Waals surface area contributed by atoms with Crippen LogP contribution in [0.4, 0.5) is 0 Å². The summed E-state index contributed by atoms with van der Waals surface area (Å²) in [5, 5.41) is 10.8. The highest BCUT2D eigenvalue weighted by atomic mass is 16.5. The van der Waals surface area contributed by atoms with Crippen molar-refractivity contribution in [1.29, 1.82) is 0 Å². The largest absolute Gasteiger partial charge is 0.385 e. The van der Waals surface area contributed by atoms with Crippen LogP contribution in [-0.2, 0) is 10.3 Å². The summed E-state index contributed by atoms with van der Waals surface area (Å²) in [4.78, 5) is 2.57. The Kier molecular flexibility index (Phi) is 5.75. The van der Waals surface area contributed by atoms with E-state index in [1.165, 1.54) is 37.9 Å². The van der Waals surface area contributed by atoms with Gasteiger partial charge in [0.25, 0.3) is 0 Å². The van der Waals surface area contributed by atoms with E-state index >= 15 is 0 Å². The maximum absolute atomic E-state index is 10.8. The van der Waals surface area contributed by atoms with Crippen molar-refractivity contribution in [1.82, 2.24) is 4.90 Å². The summed E-state index contributed by atoms with van der Waals surface area (Å²) in [6.07, 6.45) is 7.36. The summed E-state index contributed by atoms with van der Waals surface area (Å²) >= 11 is 0. The summed E-state index contributed by atoms with van der Waals surface area (Å²) in [5.41, 5.74) is 3.13. The second-order valence-electron chi connectivity index (χ2n) is 7.55. The molecule has 1 aromatic rings. The van der Waals surface area contributed by atoms with Crippen molar-refractivity contribution in [3.63, 3.8) is 0 Å². The monoisotopic (exact) mass is 329 g/mol. The van der Waals surface area contributed by atoms with Gasteiger partial charge in [-0.1, -0.05) is 35.9 Å². The number of hydrogen-bond acceptors (Lipinski definition) is 3. The van der Waals surface area contributed by atoms with E-state index in [4.69, 9.17) is 4.74 Å². The number of nitrogens with zero attached hydrogens (tertiary/aromatic N) is 1. The molecule has 0 spiro atoms. The molecular weight excluding hydrogens is 298 g/mol. The van der Waals surface area contributed by atoms with Crippen molar-refractivity contribution in [3.05, 3.63) is 41.0 Å². The maximum atomic E-state index is 10.8. The fourth-order valence-electron chi connectivity index (χ4n) is 3.82. The van der Waals surface area contributed by atoms with Crippen LogP contribution in [0.5, 0.6) is 0 Å². The maximum Gasteiger partial charge on any atom is 0.0940 e. The molecule has 3 nitrogen and oxygen atoms in total. The molecule has 1 aromatic carbocycles. The van der Waals surface area contributed by atoms with E-state index in [0.717, 1.165) is 5.56 Å². The number of ether oxygens (including phenoxy) is 1. The van der Waals surface area contributed by atoms with Crippen molar-refractivity contribution in [2.45, 2.75) is 57.6 Å². The summed E-state index contributed by atoms with van der Waals surface area (Å²) in [6, 6.07) is 9.13. The van der Waals surface area contributed by atoms with E-state index in [1.54, 1.807) is 5.57 Å². The number of benzene rings is 1. The van der Waals surface area contributed by atoms with Gasteiger partial charge in [-0.15, -0.1) is 0 Å². The van der Waals surface area contributed by atoms with Gasteiger partial charge in [-0.05, 0) is 50.8 Å². The van der Waals surface area contributed by atoms with Crippen LogP contribution in [0.25, 0.3) is 6.08 Å². The molecule has 0 bridgehead atoms. The normalized spacial score (nSPS) is 24.2. The Morgan fingerprint density at radius 2 is 1.79 bits per heavy atom. The van der Waals surface area contributed by atoms with E-state index in [0.29, 0.717) is 32.1 Å². The summed E-state index contributed by atoms with van der Waals surface area (Å²) in [6.45, 7) is 8.25. The van der Waals surface area contributed by atoms with Gasteiger partial charge in [-0.3, -0.25) is 0 Å². The second kappa shape index (κ2) is 7.81. The topological polar surface area (TPSA) is 32.7 Å². The summed E-state index contributed by atoms with van der Waals surface area (Å²) < 4.78 is 5.37. The first kappa shape index (κ1) is 17.7. The van der Waals surface area contributed by atoms with Crippen LogP contribution in [0.15, 0.2) is 29.8 Å². The fourth-order valence-corrected chi connectivity index (χ4v) is 3.82. The second-order valence-corrected chi connectivity index (χ2v) is 7.55. The van der Waals surface area contributed by atoms with Gasteiger partial charge in [0.1, 0.15) is 0 Å². The number of rotatable bonds is 3. The highest BCUT2D eigenvalue weighted by Gasteiger charge is 2.31. The molecule has 1 N–H and O–H groups in total. The molecule has 2 aliphatic heterocycles. The van der Waals surface area contributed by atoms with Gasteiger partial charge in [-0.2, -0.15) is 0 Å². The minimum atomic E-state index is -0.704. The Morgan fingerprint density at radius 1 is 1.08 bits per heavy atom. The molecule has 132 valence electrons.